The summed E-state index contributed by atoms with van der Waals surface area (Å²) in [6, 6.07) is 19.7. The lowest BCUT2D eigenvalue weighted by atomic mass is 9.97. The van der Waals surface area contributed by atoms with Gasteiger partial charge in [0, 0.05) is 25.3 Å². The number of piperidine rings is 1. The van der Waals surface area contributed by atoms with Crippen molar-refractivity contribution in [3.63, 3.8) is 0 Å². The summed E-state index contributed by atoms with van der Waals surface area (Å²) in [4.78, 5) is 15.4. The van der Waals surface area contributed by atoms with E-state index in [-0.39, 0.29) is 18.4 Å². The SMILES string of the molecule is Cc1c(C(=O)N2CCCC(CO)C2)c(-c2ccccc2)nn1-c1ccccc1. The Kier molecular flexibility index (Phi) is 5.26. The molecule has 2 aromatic carbocycles. The number of aromatic nitrogens is 2. The number of amides is 1. The van der Waals surface area contributed by atoms with Crippen LogP contribution in [0, 0.1) is 12.8 Å². The first-order valence-electron chi connectivity index (χ1n) is 9.79. The van der Waals surface area contributed by atoms with Gasteiger partial charge in [-0.25, -0.2) is 4.68 Å². The van der Waals surface area contributed by atoms with Crippen LogP contribution in [0.5, 0.6) is 0 Å². The van der Waals surface area contributed by atoms with Gasteiger partial charge in [0.15, 0.2) is 0 Å². The summed E-state index contributed by atoms with van der Waals surface area (Å²) in [5, 5.41) is 14.4. The molecular formula is C23H25N3O2. The van der Waals surface area contributed by atoms with Crippen LogP contribution in [-0.2, 0) is 0 Å². The number of carbonyl (C=O) groups is 1. The van der Waals surface area contributed by atoms with Gasteiger partial charge in [-0.1, -0.05) is 48.5 Å². The molecule has 0 aliphatic carbocycles. The van der Waals surface area contributed by atoms with E-state index < -0.39 is 0 Å². The molecule has 1 aromatic heterocycles. The molecule has 0 radical (unpaired) electrons. The third-order valence-electron chi connectivity index (χ3n) is 5.44. The molecule has 0 saturated carbocycles. The molecule has 5 heteroatoms. The molecule has 5 nitrogen and oxygen atoms in total. The quantitative estimate of drug-likeness (QED) is 0.757. The molecule has 28 heavy (non-hydrogen) atoms. The number of hydrogen-bond donors (Lipinski definition) is 1. The highest BCUT2D eigenvalue weighted by Gasteiger charge is 2.30. The first kappa shape index (κ1) is 18.4. The first-order valence-corrected chi connectivity index (χ1v) is 9.79. The average Bonchev–Trinajstić information content (AvgIpc) is 3.11. The van der Waals surface area contributed by atoms with E-state index >= 15 is 0 Å². The van der Waals surface area contributed by atoms with Crippen molar-refractivity contribution < 1.29 is 9.90 Å². The molecule has 1 saturated heterocycles. The Morgan fingerprint density at radius 3 is 2.46 bits per heavy atom. The molecule has 1 aliphatic heterocycles. The lowest BCUT2D eigenvalue weighted by Gasteiger charge is -2.32. The Balaban J connectivity index is 1.81. The second kappa shape index (κ2) is 7.98. The summed E-state index contributed by atoms with van der Waals surface area (Å²) < 4.78 is 1.85. The molecule has 1 unspecified atom stereocenters. The van der Waals surface area contributed by atoms with Gasteiger partial charge in [0.05, 0.1) is 16.9 Å². The third kappa shape index (κ3) is 3.45. The van der Waals surface area contributed by atoms with E-state index in [0.717, 1.165) is 36.3 Å². The summed E-state index contributed by atoms with van der Waals surface area (Å²) in [6.07, 6.45) is 1.89. The fraction of sp³-hybridized carbons (Fsp3) is 0.304. The third-order valence-corrected chi connectivity index (χ3v) is 5.44. The normalized spacial score (nSPS) is 16.9. The molecule has 1 atom stereocenters. The first-order chi connectivity index (χ1) is 13.7. The van der Waals surface area contributed by atoms with Crippen LogP contribution in [0.4, 0.5) is 0 Å². The van der Waals surface area contributed by atoms with Crippen LogP contribution in [0.3, 0.4) is 0 Å². The zero-order valence-electron chi connectivity index (χ0n) is 16.1. The largest absolute Gasteiger partial charge is 0.396 e. The van der Waals surface area contributed by atoms with Crippen molar-refractivity contribution in [2.24, 2.45) is 5.92 Å². The van der Waals surface area contributed by atoms with Crippen LogP contribution in [0.1, 0.15) is 28.9 Å². The summed E-state index contributed by atoms with van der Waals surface area (Å²) in [5.74, 6) is 0.152. The number of aliphatic hydroxyl groups is 1. The number of benzene rings is 2. The second-order valence-corrected chi connectivity index (χ2v) is 7.36. The minimum atomic E-state index is -0.00307. The summed E-state index contributed by atoms with van der Waals surface area (Å²) >= 11 is 0. The lowest BCUT2D eigenvalue weighted by Crippen LogP contribution is -2.41. The van der Waals surface area contributed by atoms with E-state index in [9.17, 15) is 9.90 Å². The fourth-order valence-corrected chi connectivity index (χ4v) is 3.93. The van der Waals surface area contributed by atoms with Gasteiger partial charge in [0.1, 0.15) is 5.69 Å². The highest BCUT2D eigenvalue weighted by atomic mass is 16.3. The van der Waals surface area contributed by atoms with E-state index in [4.69, 9.17) is 5.10 Å². The molecule has 1 amide bonds. The van der Waals surface area contributed by atoms with Gasteiger partial charge < -0.3 is 10.0 Å². The van der Waals surface area contributed by atoms with E-state index in [0.29, 0.717) is 17.8 Å². The Hall–Kier alpha value is -2.92. The highest BCUT2D eigenvalue weighted by Crippen LogP contribution is 2.29. The van der Waals surface area contributed by atoms with Gasteiger partial charge >= 0.3 is 0 Å². The number of carbonyl (C=O) groups excluding carboxylic acids is 1. The lowest BCUT2D eigenvalue weighted by molar-refractivity contribution is 0.0620. The molecule has 144 valence electrons. The van der Waals surface area contributed by atoms with Gasteiger partial charge in [0.25, 0.3) is 5.91 Å². The topological polar surface area (TPSA) is 58.4 Å². The predicted molar refractivity (Wildman–Crippen MR) is 109 cm³/mol. The van der Waals surface area contributed by atoms with Crippen molar-refractivity contribution in [3.8, 4) is 16.9 Å². The molecular weight excluding hydrogens is 350 g/mol. The summed E-state index contributed by atoms with van der Waals surface area (Å²) in [6.45, 7) is 3.39. The van der Waals surface area contributed by atoms with Crippen molar-refractivity contribution in [1.29, 1.82) is 0 Å². The maximum absolute atomic E-state index is 13.5. The maximum atomic E-state index is 13.5. The van der Waals surface area contributed by atoms with Crippen LogP contribution in [0.15, 0.2) is 60.7 Å². The summed E-state index contributed by atoms with van der Waals surface area (Å²) in [7, 11) is 0. The van der Waals surface area contributed by atoms with Crippen LogP contribution in [0.2, 0.25) is 0 Å². The second-order valence-electron chi connectivity index (χ2n) is 7.36. The van der Waals surface area contributed by atoms with E-state index in [1.165, 1.54) is 0 Å². The summed E-state index contributed by atoms with van der Waals surface area (Å²) in [5.41, 5.74) is 4.05. The number of hydrogen-bond acceptors (Lipinski definition) is 3. The van der Waals surface area contributed by atoms with Crippen LogP contribution < -0.4 is 0 Å². The highest BCUT2D eigenvalue weighted by molar-refractivity contribution is 6.01. The minimum absolute atomic E-state index is 0.00307. The monoisotopic (exact) mass is 375 g/mol. The van der Waals surface area contributed by atoms with Gasteiger partial charge in [-0.05, 0) is 37.8 Å². The van der Waals surface area contributed by atoms with Crippen molar-refractivity contribution in [3.05, 3.63) is 71.9 Å². The van der Waals surface area contributed by atoms with Crippen molar-refractivity contribution in [2.75, 3.05) is 19.7 Å². The van der Waals surface area contributed by atoms with Crippen LogP contribution in [0.25, 0.3) is 16.9 Å². The molecule has 1 N–H and O–H groups in total. The van der Waals surface area contributed by atoms with Crippen LogP contribution in [-0.4, -0.2) is 45.4 Å². The fourth-order valence-electron chi connectivity index (χ4n) is 3.93. The molecule has 1 aliphatic rings. The van der Waals surface area contributed by atoms with Crippen LogP contribution >= 0.6 is 0 Å². The molecule has 0 bridgehead atoms. The number of para-hydroxylation sites is 1. The van der Waals surface area contributed by atoms with Crippen molar-refractivity contribution >= 4 is 5.91 Å². The Labute approximate surface area is 165 Å². The zero-order valence-corrected chi connectivity index (χ0v) is 16.1. The Morgan fingerprint density at radius 1 is 1.11 bits per heavy atom. The minimum Gasteiger partial charge on any atom is -0.396 e. The molecule has 3 aromatic rings. The molecule has 4 rings (SSSR count). The average molecular weight is 375 g/mol. The van der Waals surface area contributed by atoms with E-state index in [1.807, 2.05) is 77.2 Å². The van der Waals surface area contributed by atoms with Gasteiger partial charge in [0.2, 0.25) is 0 Å². The van der Waals surface area contributed by atoms with Crippen molar-refractivity contribution in [2.45, 2.75) is 19.8 Å². The smallest absolute Gasteiger partial charge is 0.258 e. The predicted octanol–water partition coefficient (Wildman–Crippen LogP) is 3.69. The standard InChI is InChI=1S/C23H25N3O2/c1-17-21(23(28)25-14-8-9-18(15-25)16-27)22(19-10-4-2-5-11-19)24-26(17)20-12-6-3-7-13-20/h2-7,10-13,18,27H,8-9,14-16H2,1H3. The Morgan fingerprint density at radius 2 is 1.79 bits per heavy atom. The number of rotatable bonds is 4. The van der Waals surface area contributed by atoms with E-state index in [2.05, 4.69) is 0 Å². The molecule has 1 fully saturated rings. The molecule has 0 spiro atoms. The van der Waals surface area contributed by atoms with Gasteiger partial charge in [-0.15, -0.1) is 0 Å². The number of nitrogens with zero attached hydrogens (tertiary/aromatic N) is 3. The maximum Gasteiger partial charge on any atom is 0.258 e. The number of aliphatic hydroxyl groups excluding tert-OH is 1. The van der Waals surface area contributed by atoms with E-state index in [1.54, 1.807) is 0 Å². The van der Waals surface area contributed by atoms with Gasteiger partial charge in [-0.3, -0.25) is 4.79 Å². The zero-order chi connectivity index (χ0) is 19.5. The van der Waals surface area contributed by atoms with Crippen molar-refractivity contribution in [1.82, 2.24) is 14.7 Å². The Bertz CT molecular complexity index is 951. The molecule has 2 heterocycles. The van der Waals surface area contributed by atoms with Gasteiger partial charge in [-0.2, -0.15) is 5.10 Å². The number of likely N-dealkylation sites (tertiary alicyclic amines) is 1.